The van der Waals surface area contributed by atoms with Crippen LogP contribution in [0.25, 0.3) is 0 Å². The molecule has 2 amide bonds. The van der Waals surface area contributed by atoms with Crippen molar-refractivity contribution in [2.45, 2.75) is 18.6 Å². The first-order valence-corrected chi connectivity index (χ1v) is 5.23. The summed E-state index contributed by atoms with van der Waals surface area (Å²) in [6.07, 6.45) is -3.89. The number of rotatable bonds is 4. The van der Waals surface area contributed by atoms with Gasteiger partial charge in [0.05, 0.1) is 19.3 Å². The summed E-state index contributed by atoms with van der Waals surface area (Å²) in [4.78, 5) is 12.1. The van der Waals surface area contributed by atoms with E-state index in [4.69, 9.17) is 9.84 Å². The molecule has 1 heterocycles. The Morgan fingerprint density at radius 2 is 2.24 bits per heavy atom. The maximum atomic E-state index is 12.2. The molecule has 0 radical (unpaired) electrons. The zero-order chi connectivity index (χ0) is 12.9. The van der Waals surface area contributed by atoms with Gasteiger partial charge in [0.2, 0.25) is 0 Å². The molecule has 5 nitrogen and oxygen atoms in total. The number of urea groups is 1. The lowest BCUT2D eigenvalue weighted by molar-refractivity contribution is -0.140. The summed E-state index contributed by atoms with van der Waals surface area (Å²) in [6, 6.07) is -1.08. The van der Waals surface area contributed by atoms with Gasteiger partial charge in [0.15, 0.2) is 0 Å². The summed E-state index contributed by atoms with van der Waals surface area (Å²) >= 11 is 0. The third-order valence-corrected chi connectivity index (χ3v) is 2.28. The minimum atomic E-state index is -4.47. The number of ether oxygens (including phenoxy) is 1. The number of nitrogens with zero attached hydrogens (tertiary/aromatic N) is 1. The highest BCUT2D eigenvalue weighted by Gasteiger charge is 2.33. The van der Waals surface area contributed by atoms with Gasteiger partial charge in [-0.2, -0.15) is 13.2 Å². The number of amides is 2. The summed E-state index contributed by atoms with van der Waals surface area (Å²) in [5.41, 5.74) is 0. The summed E-state index contributed by atoms with van der Waals surface area (Å²) in [5, 5.41) is 11.1. The van der Waals surface area contributed by atoms with Gasteiger partial charge in [-0.1, -0.05) is 0 Å². The van der Waals surface area contributed by atoms with Crippen molar-refractivity contribution >= 4 is 6.03 Å². The molecule has 1 atom stereocenters. The van der Waals surface area contributed by atoms with Gasteiger partial charge in [-0.05, 0) is 6.42 Å². The van der Waals surface area contributed by atoms with Crippen LogP contribution in [-0.4, -0.2) is 61.2 Å². The van der Waals surface area contributed by atoms with Gasteiger partial charge in [-0.3, -0.25) is 0 Å². The molecule has 0 aliphatic carbocycles. The number of hydrogen-bond acceptors (Lipinski definition) is 3. The Morgan fingerprint density at radius 3 is 2.71 bits per heavy atom. The highest BCUT2D eigenvalue weighted by atomic mass is 19.4. The van der Waals surface area contributed by atoms with Crippen LogP contribution in [0, 0.1) is 0 Å². The number of halogens is 3. The Hall–Kier alpha value is -1.02. The van der Waals surface area contributed by atoms with Gasteiger partial charge in [0, 0.05) is 13.2 Å². The van der Waals surface area contributed by atoms with E-state index in [9.17, 15) is 18.0 Å². The van der Waals surface area contributed by atoms with Gasteiger partial charge in [0.25, 0.3) is 0 Å². The van der Waals surface area contributed by atoms with E-state index in [1.165, 1.54) is 0 Å². The quantitative estimate of drug-likeness (QED) is 0.762. The highest BCUT2D eigenvalue weighted by Crippen LogP contribution is 2.16. The van der Waals surface area contributed by atoms with Crippen molar-refractivity contribution < 1.29 is 27.8 Å². The summed E-state index contributed by atoms with van der Waals surface area (Å²) in [7, 11) is 0. The summed E-state index contributed by atoms with van der Waals surface area (Å²) in [6.45, 7) is -1.43. The molecule has 100 valence electrons. The number of nitrogens with one attached hydrogen (secondary N) is 1. The molecule has 1 rings (SSSR count). The van der Waals surface area contributed by atoms with Crippen molar-refractivity contribution in [1.29, 1.82) is 0 Å². The van der Waals surface area contributed by atoms with Crippen LogP contribution in [0.1, 0.15) is 6.42 Å². The van der Waals surface area contributed by atoms with E-state index in [1.54, 1.807) is 0 Å². The zero-order valence-electron chi connectivity index (χ0n) is 9.16. The fraction of sp³-hybridized carbons (Fsp3) is 0.889. The first kappa shape index (κ1) is 14.0. The lowest BCUT2D eigenvalue weighted by Crippen LogP contribution is -2.49. The normalized spacial score (nSPS) is 20.4. The van der Waals surface area contributed by atoms with Crippen LogP contribution >= 0.6 is 0 Å². The monoisotopic (exact) mass is 256 g/mol. The molecule has 17 heavy (non-hydrogen) atoms. The van der Waals surface area contributed by atoms with Gasteiger partial charge >= 0.3 is 12.2 Å². The molecule has 8 heteroatoms. The second-order valence-corrected chi connectivity index (χ2v) is 3.77. The molecule has 0 bridgehead atoms. The molecule has 0 saturated carbocycles. The average Bonchev–Trinajstić information content (AvgIpc) is 2.67. The molecule has 1 saturated heterocycles. The third kappa shape index (κ3) is 5.22. The van der Waals surface area contributed by atoms with Crippen molar-refractivity contribution in [2.24, 2.45) is 0 Å². The van der Waals surface area contributed by atoms with E-state index < -0.39 is 25.4 Å². The van der Waals surface area contributed by atoms with Crippen LogP contribution in [0.5, 0.6) is 0 Å². The minimum absolute atomic E-state index is 0.253. The number of aliphatic hydroxyl groups is 1. The van der Waals surface area contributed by atoms with Gasteiger partial charge < -0.3 is 20.1 Å². The zero-order valence-corrected chi connectivity index (χ0v) is 9.16. The van der Waals surface area contributed by atoms with E-state index in [1.807, 2.05) is 0 Å². The second kappa shape index (κ2) is 6.06. The molecule has 1 fully saturated rings. The molecular formula is C9H15F3N2O3. The van der Waals surface area contributed by atoms with Crippen LogP contribution in [0.15, 0.2) is 0 Å². The Kier molecular flexibility index (Phi) is 5.01. The van der Waals surface area contributed by atoms with Crippen LogP contribution in [-0.2, 0) is 4.74 Å². The topological polar surface area (TPSA) is 61.8 Å². The molecule has 1 aliphatic rings. The molecule has 0 aromatic carbocycles. The van der Waals surface area contributed by atoms with Crippen LogP contribution in [0.4, 0.5) is 18.0 Å². The Balaban J connectivity index is 2.47. The Morgan fingerprint density at radius 1 is 1.53 bits per heavy atom. The first-order chi connectivity index (χ1) is 7.92. The fourth-order valence-electron chi connectivity index (χ4n) is 1.50. The molecule has 2 N–H and O–H groups in total. The van der Waals surface area contributed by atoms with Crippen LogP contribution in [0.3, 0.4) is 0 Å². The largest absolute Gasteiger partial charge is 0.406 e. The summed E-state index contributed by atoms with van der Waals surface area (Å²) < 4.78 is 41.5. The highest BCUT2D eigenvalue weighted by molar-refractivity contribution is 5.74. The van der Waals surface area contributed by atoms with Crippen molar-refractivity contribution in [3.8, 4) is 0 Å². The van der Waals surface area contributed by atoms with Gasteiger partial charge in [0.1, 0.15) is 6.54 Å². The maximum Gasteiger partial charge on any atom is 0.406 e. The number of aliphatic hydroxyl groups excluding tert-OH is 1. The van der Waals surface area contributed by atoms with E-state index in [-0.39, 0.29) is 12.6 Å². The minimum Gasteiger partial charge on any atom is -0.395 e. The van der Waals surface area contributed by atoms with Crippen LogP contribution in [0.2, 0.25) is 0 Å². The molecule has 0 aromatic heterocycles. The number of carbonyl (C=O) groups excluding carboxylic acids is 1. The second-order valence-electron chi connectivity index (χ2n) is 3.77. The van der Waals surface area contributed by atoms with E-state index in [0.717, 1.165) is 0 Å². The van der Waals surface area contributed by atoms with Crippen molar-refractivity contribution in [2.75, 3.05) is 32.9 Å². The summed E-state index contributed by atoms with van der Waals surface area (Å²) in [5.74, 6) is 0. The number of alkyl halides is 3. The number of carbonyl (C=O) groups is 1. The lowest BCUT2D eigenvalue weighted by atomic mass is 10.3. The first-order valence-electron chi connectivity index (χ1n) is 5.23. The Labute approximate surface area is 96.5 Å². The third-order valence-electron chi connectivity index (χ3n) is 2.28. The van der Waals surface area contributed by atoms with Gasteiger partial charge in [-0.25, -0.2) is 4.79 Å². The van der Waals surface area contributed by atoms with Gasteiger partial charge in [-0.15, -0.1) is 0 Å². The standard InChI is InChI=1S/C9H15F3N2O3/c10-9(11,12)6-14(2-3-15)8(16)13-7-1-4-17-5-7/h7,15H,1-6H2,(H,13,16). The van der Waals surface area contributed by atoms with Crippen molar-refractivity contribution in [3.63, 3.8) is 0 Å². The predicted octanol–water partition coefficient (Wildman–Crippen LogP) is 0.341. The SMILES string of the molecule is O=C(NC1CCOC1)N(CCO)CC(F)(F)F. The average molecular weight is 256 g/mol. The van der Waals surface area contributed by atoms with E-state index in [2.05, 4.69) is 5.32 Å². The van der Waals surface area contributed by atoms with E-state index >= 15 is 0 Å². The predicted molar refractivity (Wildman–Crippen MR) is 52.5 cm³/mol. The maximum absolute atomic E-state index is 12.2. The smallest absolute Gasteiger partial charge is 0.395 e. The van der Waals surface area contributed by atoms with Crippen LogP contribution < -0.4 is 5.32 Å². The fourth-order valence-corrected chi connectivity index (χ4v) is 1.50. The lowest BCUT2D eigenvalue weighted by Gasteiger charge is -2.24. The Bertz CT molecular complexity index is 254. The molecule has 0 spiro atoms. The number of hydrogen-bond donors (Lipinski definition) is 2. The molecule has 1 unspecified atom stereocenters. The van der Waals surface area contributed by atoms with Crippen molar-refractivity contribution in [1.82, 2.24) is 10.2 Å². The molecular weight excluding hydrogens is 241 g/mol. The molecule has 0 aromatic rings. The van der Waals surface area contributed by atoms with E-state index in [0.29, 0.717) is 24.5 Å². The molecule has 1 aliphatic heterocycles. The van der Waals surface area contributed by atoms with Crippen molar-refractivity contribution in [3.05, 3.63) is 0 Å².